The monoisotopic (exact) mass is 383 g/mol. The van der Waals surface area contributed by atoms with Gasteiger partial charge < -0.3 is 15.1 Å². The fourth-order valence-corrected chi connectivity index (χ4v) is 3.70. The van der Waals surface area contributed by atoms with Crippen LogP contribution in [-0.2, 0) is 15.8 Å². The first kappa shape index (κ1) is 19.5. The number of piperazine rings is 1. The number of halogens is 3. The Labute approximate surface area is 156 Å². The van der Waals surface area contributed by atoms with Gasteiger partial charge in [0, 0.05) is 37.8 Å². The molecule has 1 aliphatic heterocycles. The first-order valence-corrected chi connectivity index (χ1v) is 9.32. The lowest BCUT2D eigenvalue weighted by molar-refractivity contribution is -0.137. The normalized spacial score (nSPS) is 18.6. The molecule has 27 heavy (non-hydrogen) atoms. The van der Waals surface area contributed by atoms with Crippen molar-refractivity contribution in [2.75, 3.05) is 37.6 Å². The third kappa shape index (κ3) is 4.93. The van der Waals surface area contributed by atoms with Crippen molar-refractivity contribution in [3.8, 4) is 0 Å². The molecule has 1 aliphatic carbocycles. The number of nitrogens with one attached hydrogen (secondary N) is 1. The lowest BCUT2D eigenvalue weighted by atomic mass is 10.1. The van der Waals surface area contributed by atoms with Crippen LogP contribution in [0.2, 0.25) is 0 Å². The van der Waals surface area contributed by atoms with Crippen molar-refractivity contribution in [3.05, 3.63) is 29.8 Å². The summed E-state index contributed by atoms with van der Waals surface area (Å²) in [7, 11) is 0. The Hall–Kier alpha value is -2.25. The summed E-state index contributed by atoms with van der Waals surface area (Å²) in [5.74, 6) is -0.177. The summed E-state index contributed by atoms with van der Waals surface area (Å²) in [6.45, 7) is 1.76. The van der Waals surface area contributed by atoms with Gasteiger partial charge in [-0.2, -0.15) is 13.2 Å². The molecule has 5 nitrogen and oxygen atoms in total. The Balaban J connectivity index is 1.48. The molecule has 2 fully saturated rings. The number of amides is 2. The Morgan fingerprint density at radius 1 is 1.07 bits per heavy atom. The van der Waals surface area contributed by atoms with Crippen LogP contribution in [0, 0.1) is 5.92 Å². The Kier molecular flexibility index (Phi) is 5.92. The van der Waals surface area contributed by atoms with E-state index in [0.717, 1.165) is 37.8 Å². The van der Waals surface area contributed by atoms with Crippen LogP contribution in [0.15, 0.2) is 24.3 Å². The number of rotatable bonds is 4. The van der Waals surface area contributed by atoms with E-state index in [1.807, 2.05) is 4.90 Å². The molecule has 1 saturated carbocycles. The second kappa shape index (κ2) is 8.19. The molecule has 8 heteroatoms. The van der Waals surface area contributed by atoms with Crippen molar-refractivity contribution >= 4 is 17.5 Å². The molecule has 0 radical (unpaired) electrons. The number of hydrogen-bond acceptors (Lipinski definition) is 3. The highest BCUT2D eigenvalue weighted by molar-refractivity contribution is 5.86. The van der Waals surface area contributed by atoms with E-state index in [1.165, 1.54) is 6.07 Å². The largest absolute Gasteiger partial charge is 0.416 e. The van der Waals surface area contributed by atoms with Crippen molar-refractivity contribution in [1.29, 1.82) is 0 Å². The SMILES string of the molecule is O=C(NCC(=O)N1CCN(c2cccc(C(F)(F)F)c2)CC1)C1CCCC1. The average molecular weight is 383 g/mol. The molecule has 0 unspecified atom stereocenters. The quantitative estimate of drug-likeness (QED) is 0.870. The molecule has 148 valence electrons. The zero-order valence-electron chi connectivity index (χ0n) is 15.1. The number of carbonyl (C=O) groups excluding carboxylic acids is 2. The van der Waals surface area contributed by atoms with Gasteiger partial charge in [-0.25, -0.2) is 0 Å². The first-order valence-electron chi connectivity index (χ1n) is 9.32. The fourth-order valence-electron chi connectivity index (χ4n) is 3.70. The molecule has 1 aromatic carbocycles. The van der Waals surface area contributed by atoms with Crippen molar-refractivity contribution < 1.29 is 22.8 Å². The minimum atomic E-state index is -4.37. The van der Waals surface area contributed by atoms with E-state index < -0.39 is 11.7 Å². The third-order valence-corrected chi connectivity index (χ3v) is 5.31. The lowest BCUT2D eigenvalue weighted by Gasteiger charge is -2.36. The molecule has 0 atom stereocenters. The van der Waals surface area contributed by atoms with Crippen LogP contribution in [0.3, 0.4) is 0 Å². The smallest absolute Gasteiger partial charge is 0.368 e. The molecule has 1 saturated heterocycles. The van der Waals surface area contributed by atoms with E-state index >= 15 is 0 Å². The van der Waals surface area contributed by atoms with Crippen LogP contribution in [0.5, 0.6) is 0 Å². The summed E-state index contributed by atoms with van der Waals surface area (Å²) in [6, 6.07) is 5.23. The van der Waals surface area contributed by atoms with E-state index in [0.29, 0.717) is 31.9 Å². The summed E-state index contributed by atoms with van der Waals surface area (Å²) in [6.07, 6.45) is -0.482. The van der Waals surface area contributed by atoms with Gasteiger partial charge in [0.25, 0.3) is 0 Å². The summed E-state index contributed by atoms with van der Waals surface area (Å²) in [4.78, 5) is 27.8. The van der Waals surface area contributed by atoms with Gasteiger partial charge in [0.15, 0.2) is 0 Å². The van der Waals surface area contributed by atoms with Gasteiger partial charge >= 0.3 is 6.18 Å². The van der Waals surface area contributed by atoms with Gasteiger partial charge in [-0.15, -0.1) is 0 Å². The Morgan fingerprint density at radius 2 is 1.74 bits per heavy atom. The van der Waals surface area contributed by atoms with E-state index in [9.17, 15) is 22.8 Å². The number of benzene rings is 1. The average Bonchev–Trinajstić information content (AvgIpc) is 3.20. The van der Waals surface area contributed by atoms with Gasteiger partial charge in [-0.05, 0) is 31.0 Å². The highest BCUT2D eigenvalue weighted by Crippen LogP contribution is 2.31. The zero-order valence-corrected chi connectivity index (χ0v) is 15.1. The maximum absolute atomic E-state index is 12.9. The van der Waals surface area contributed by atoms with Crippen LogP contribution in [0.25, 0.3) is 0 Å². The lowest BCUT2D eigenvalue weighted by Crippen LogP contribution is -2.51. The number of carbonyl (C=O) groups is 2. The van der Waals surface area contributed by atoms with Crippen LogP contribution in [0.1, 0.15) is 31.2 Å². The second-order valence-corrected chi connectivity index (χ2v) is 7.12. The molecule has 1 heterocycles. The summed E-state index contributed by atoms with van der Waals surface area (Å²) in [5.41, 5.74) is -0.167. The van der Waals surface area contributed by atoms with E-state index in [-0.39, 0.29) is 24.3 Å². The zero-order chi connectivity index (χ0) is 19.4. The summed E-state index contributed by atoms with van der Waals surface area (Å²) < 4.78 is 38.6. The summed E-state index contributed by atoms with van der Waals surface area (Å²) in [5, 5.41) is 2.72. The molecule has 0 bridgehead atoms. The van der Waals surface area contributed by atoms with Gasteiger partial charge in [0.05, 0.1) is 12.1 Å². The molecule has 3 rings (SSSR count). The second-order valence-electron chi connectivity index (χ2n) is 7.12. The maximum Gasteiger partial charge on any atom is 0.416 e. The number of nitrogens with zero attached hydrogens (tertiary/aromatic N) is 2. The maximum atomic E-state index is 12.9. The van der Waals surface area contributed by atoms with Gasteiger partial charge in [-0.1, -0.05) is 18.9 Å². The number of anilines is 1. The number of alkyl halides is 3. The van der Waals surface area contributed by atoms with Crippen LogP contribution in [-0.4, -0.2) is 49.4 Å². The van der Waals surface area contributed by atoms with Crippen LogP contribution >= 0.6 is 0 Å². The molecule has 1 aromatic rings. The Morgan fingerprint density at radius 3 is 2.37 bits per heavy atom. The molecule has 2 amide bonds. The summed E-state index contributed by atoms with van der Waals surface area (Å²) >= 11 is 0. The van der Waals surface area contributed by atoms with E-state index in [4.69, 9.17) is 0 Å². The van der Waals surface area contributed by atoms with Gasteiger partial charge in [0.1, 0.15) is 0 Å². The molecule has 0 spiro atoms. The van der Waals surface area contributed by atoms with Gasteiger partial charge in [-0.3, -0.25) is 9.59 Å². The predicted octanol–water partition coefficient (Wildman–Crippen LogP) is 2.66. The number of hydrogen-bond donors (Lipinski definition) is 1. The van der Waals surface area contributed by atoms with Crippen LogP contribution in [0.4, 0.5) is 18.9 Å². The van der Waals surface area contributed by atoms with E-state index in [2.05, 4.69) is 5.32 Å². The fraction of sp³-hybridized carbons (Fsp3) is 0.579. The molecule has 1 N–H and O–H groups in total. The minimum absolute atomic E-state index is 0.0150. The highest BCUT2D eigenvalue weighted by Gasteiger charge is 2.31. The molecule has 2 aliphatic rings. The predicted molar refractivity (Wildman–Crippen MR) is 95.2 cm³/mol. The van der Waals surface area contributed by atoms with Crippen molar-refractivity contribution in [1.82, 2.24) is 10.2 Å². The standard InChI is InChI=1S/C19H24F3N3O2/c20-19(21,22)15-6-3-7-16(12-15)24-8-10-25(11-9-24)17(26)13-23-18(27)14-4-1-2-5-14/h3,6-7,12,14H,1-2,4-5,8-11,13H2,(H,23,27). The first-order chi connectivity index (χ1) is 12.8. The Bertz CT molecular complexity index is 679. The van der Waals surface area contributed by atoms with E-state index in [1.54, 1.807) is 11.0 Å². The third-order valence-electron chi connectivity index (χ3n) is 5.31. The van der Waals surface area contributed by atoms with Crippen molar-refractivity contribution in [3.63, 3.8) is 0 Å². The molecule has 0 aromatic heterocycles. The molecular weight excluding hydrogens is 359 g/mol. The van der Waals surface area contributed by atoms with Crippen LogP contribution < -0.4 is 10.2 Å². The van der Waals surface area contributed by atoms with Crippen molar-refractivity contribution in [2.45, 2.75) is 31.9 Å². The van der Waals surface area contributed by atoms with Gasteiger partial charge in [0.2, 0.25) is 11.8 Å². The minimum Gasteiger partial charge on any atom is -0.368 e. The van der Waals surface area contributed by atoms with Crippen molar-refractivity contribution in [2.24, 2.45) is 5.92 Å². The molecular formula is C19H24F3N3O2. The topological polar surface area (TPSA) is 52.7 Å². The highest BCUT2D eigenvalue weighted by atomic mass is 19.4.